The average molecular weight is 237 g/mol. The molecule has 0 unspecified atom stereocenters. The highest BCUT2D eigenvalue weighted by atomic mass is 16.4. The third kappa shape index (κ3) is 2.06. The zero-order valence-electron chi connectivity index (χ0n) is 10.4. The van der Waals surface area contributed by atoms with Crippen molar-refractivity contribution < 1.29 is 9.90 Å². The van der Waals surface area contributed by atoms with Crippen molar-refractivity contribution in [2.45, 2.75) is 57.9 Å². The Morgan fingerprint density at radius 3 is 2.24 bits per heavy atom. The third-order valence-electron chi connectivity index (χ3n) is 3.61. The van der Waals surface area contributed by atoms with Crippen LogP contribution >= 0.6 is 0 Å². The summed E-state index contributed by atoms with van der Waals surface area (Å²) in [6.07, 6.45) is 5.44. The van der Waals surface area contributed by atoms with Crippen molar-refractivity contribution in [1.82, 2.24) is 14.8 Å². The van der Waals surface area contributed by atoms with E-state index in [2.05, 4.69) is 10.1 Å². The van der Waals surface area contributed by atoms with Gasteiger partial charge in [-0.05, 0) is 26.7 Å². The molecule has 0 radical (unpaired) electrons. The minimum Gasteiger partial charge on any atom is -0.479 e. The standard InChI is InChI=1S/C12H19N3O2/c1-9-13-10(2)15(14-9)12(11(16)17)7-5-3-4-6-8-12/h3-8H2,1-2H3,(H,16,17). The van der Waals surface area contributed by atoms with E-state index in [1.54, 1.807) is 11.6 Å². The lowest BCUT2D eigenvalue weighted by Crippen LogP contribution is -2.43. The molecule has 0 amide bonds. The van der Waals surface area contributed by atoms with Gasteiger partial charge in [0.2, 0.25) is 0 Å². The molecule has 1 saturated carbocycles. The fourth-order valence-electron chi connectivity index (χ4n) is 2.76. The second-order valence-electron chi connectivity index (χ2n) is 4.87. The van der Waals surface area contributed by atoms with Crippen LogP contribution in [0, 0.1) is 13.8 Å². The maximum Gasteiger partial charge on any atom is 0.331 e. The van der Waals surface area contributed by atoms with Crippen molar-refractivity contribution in [3.63, 3.8) is 0 Å². The lowest BCUT2D eigenvalue weighted by molar-refractivity contribution is -0.149. The van der Waals surface area contributed by atoms with Crippen LogP contribution in [0.1, 0.15) is 50.2 Å². The second-order valence-corrected chi connectivity index (χ2v) is 4.87. The summed E-state index contributed by atoms with van der Waals surface area (Å²) in [4.78, 5) is 15.9. The first-order valence-electron chi connectivity index (χ1n) is 6.20. The normalized spacial score (nSPS) is 19.9. The van der Waals surface area contributed by atoms with Gasteiger partial charge in [0.1, 0.15) is 11.6 Å². The van der Waals surface area contributed by atoms with Crippen LogP contribution in [-0.2, 0) is 10.3 Å². The van der Waals surface area contributed by atoms with Gasteiger partial charge in [-0.15, -0.1) is 0 Å². The molecule has 0 bridgehead atoms. The van der Waals surface area contributed by atoms with Crippen molar-refractivity contribution in [3.05, 3.63) is 11.6 Å². The van der Waals surface area contributed by atoms with Crippen LogP contribution in [0.3, 0.4) is 0 Å². The predicted molar refractivity (Wildman–Crippen MR) is 62.8 cm³/mol. The Hall–Kier alpha value is -1.39. The fourth-order valence-corrected chi connectivity index (χ4v) is 2.76. The van der Waals surface area contributed by atoms with E-state index in [1.165, 1.54) is 0 Å². The molecule has 5 nitrogen and oxygen atoms in total. The monoisotopic (exact) mass is 237 g/mol. The van der Waals surface area contributed by atoms with E-state index < -0.39 is 11.5 Å². The van der Waals surface area contributed by atoms with Crippen LogP contribution in [0.2, 0.25) is 0 Å². The average Bonchev–Trinajstić information content (AvgIpc) is 2.53. The molecule has 1 N–H and O–H groups in total. The van der Waals surface area contributed by atoms with Crippen LogP contribution in [0.5, 0.6) is 0 Å². The summed E-state index contributed by atoms with van der Waals surface area (Å²) in [5, 5.41) is 13.9. The van der Waals surface area contributed by atoms with E-state index in [-0.39, 0.29) is 0 Å². The van der Waals surface area contributed by atoms with Gasteiger partial charge in [0.05, 0.1) is 0 Å². The Labute approximate surface area is 101 Å². The fraction of sp³-hybridized carbons (Fsp3) is 0.750. The Kier molecular flexibility index (Phi) is 3.17. The SMILES string of the molecule is Cc1nc(C)n(C2(C(=O)O)CCCCCC2)n1. The molecule has 1 aliphatic carbocycles. The number of hydrogen-bond donors (Lipinski definition) is 1. The number of aryl methyl sites for hydroxylation is 2. The number of aromatic nitrogens is 3. The molecule has 1 fully saturated rings. The Bertz CT molecular complexity index is 417. The molecular weight excluding hydrogens is 218 g/mol. The number of carboxylic acids is 1. The smallest absolute Gasteiger partial charge is 0.331 e. The summed E-state index contributed by atoms with van der Waals surface area (Å²) < 4.78 is 1.63. The maximum absolute atomic E-state index is 11.7. The number of carboxylic acid groups (broad SMARTS) is 1. The van der Waals surface area contributed by atoms with Gasteiger partial charge >= 0.3 is 5.97 Å². The highest BCUT2D eigenvalue weighted by Crippen LogP contribution is 2.34. The van der Waals surface area contributed by atoms with Crippen LogP contribution in [0.25, 0.3) is 0 Å². The van der Waals surface area contributed by atoms with E-state index in [1.807, 2.05) is 6.92 Å². The van der Waals surface area contributed by atoms with Gasteiger partial charge in [-0.2, -0.15) is 5.10 Å². The second kappa shape index (κ2) is 4.47. The van der Waals surface area contributed by atoms with Gasteiger partial charge < -0.3 is 5.11 Å². The topological polar surface area (TPSA) is 68.0 Å². The van der Waals surface area contributed by atoms with Gasteiger partial charge in [-0.25, -0.2) is 14.5 Å². The summed E-state index contributed by atoms with van der Waals surface area (Å²) >= 11 is 0. The molecule has 2 rings (SSSR count). The first-order valence-corrected chi connectivity index (χ1v) is 6.20. The lowest BCUT2D eigenvalue weighted by atomic mass is 9.90. The molecule has 17 heavy (non-hydrogen) atoms. The summed E-state index contributed by atoms with van der Waals surface area (Å²) in [5.41, 5.74) is -0.873. The van der Waals surface area contributed by atoms with Gasteiger partial charge in [-0.1, -0.05) is 25.7 Å². The van der Waals surface area contributed by atoms with Crippen molar-refractivity contribution >= 4 is 5.97 Å². The zero-order valence-corrected chi connectivity index (χ0v) is 10.4. The highest BCUT2D eigenvalue weighted by Gasteiger charge is 2.42. The van der Waals surface area contributed by atoms with E-state index in [0.29, 0.717) is 24.5 Å². The van der Waals surface area contributed by atoms with E-state index in [4.69, 9.17) is 0 Å². The van der Waals surface area contributed by atoms with Gasteiger partial charge in [0, 0.05) is 0 Å². The summed E-state index contributed by atoms with van der Waals surface area (Å²) in [6.45, 7) is 3.63. The van der Waals surface area contributed by atoms with E-state index in [9.17, 15) is 9.90 Å². The molecule has 1 aromatic rings. The van der Waals surface area contributed by atoms with Crippen molar-refractivity contribution in [1.29, 1.82) is 0 Å². The Morgan fingerprint density at radius 2 is 1.82 bits per heavy atom. The number of hydrogen-bond acceptors (Lipinski definition) is 3. The molecular formula is C12H19N3O2. The molecule has 0 aromatic carbocycles. The predicted octanol–water partition coefficient (Wildman–Crippen LogP) is 2.03. The first-order chi connectivity index (χ1) is 8.06. The van der Waals surface area contributed by atoms with E-state index >= 15 is 0 Å². The minimum absolute atomic E-state index is 0.646. The molecule has 0 aliphatic heterocycles. The maximum atomic E-state index is 11.7. The quantitative estimate of drug-likeness (QED) is 0.799. The van der Waals surface area contributed by atoms with Crippen LogP contribution in [0.15, 0.2) is 0 Å². The largest absolute Gasteiger partial charge is 0.479 e. The lowest BCUT2D eigenvalue weighted by Gasteiger charge is -2.29. The number of rotatable bonds is 2. The van der Waals surface area contributed by atoms with Gasteiger partial charge in [-0.3, -0.25) is 0 Å². The van der Waals surface area contributed by atoms with Crippen LogP contribution in [0.4, 0.5) is 0 Å². The van der Waals surface area contributed by atoms with Crippen LogP contribution in [-0.4, -0.2) is 25.8 Å². The summed E-state index contributed by atoms with van der Waals surface area (Å²) in [7, 11) is 0. The Balaban J connectivity index is 2.46. The van der Waals surface area contributed by atoms with Gasteiger partial charge in [0.25, 0.3) is 0 Å². The molecule has 1 aromatic heterocycles. The van der Waals surface area contributed by atoms with Gasteiger partial charge in [0.15, 0.2) is 5.54 Å². The molecule has 0 spiro atoms. The van der Waals surface area contributed by atoms with Crippen molar-refractivity contribution in [2.24, 2.45) is 0 Å². The van der Waals surface area contributed by atoms with Crippen molar-refractivity contribution in [3.8, 4) is 0 Å². The molecule has 1 heterocycles. The number of nitrogens with zero attached hydrogens (tertiary/aromatic N) is 3. The highest BCUT2D eigenvalue weighted by molar-refractivity contribution is 5.76. The summed E-state index contributed by atoms with van der Waals surface area (Å²) in [5.74, 6) is 0.576. The molecule has 0 atom stereocenters. The first kappa shape index (κ1) is 12.1. The minimum atomic E-state index is -0.873. The number of aliphatic carboxylic acids is 1. The van der Waals surface area contributed by atoms with E-state index in [0.717, 1.165) is 25.7 Å². The third-order valence-corrected chi connectivity index (χ3v) is 3.61. The molecule has 94 valence electrons. The molecule has 1 aliphatic rings. The zero-order chi connectivity index (χ0) is 12.5. The summed E-state index contributed by atoms with van der Waals surface area (Å²) in [6, 6.07) is 0. The molecule has 5 heteroatoms. The molecule has 0 saturated heterocycles. The van der Waals surface area contributed by atoms with Crippen LogP contribution < -0.4 is 0 Å². The van der Waals surface area contributed by atoms with Crippen molar-refractivity contribution in [2.75, 3.05) is 0 Å². The Morgan fingerprint density at radius 1 is 1.24 bits per heavy atom. The number of carbonyl (C=O) groups is 1.